The zero-order chi connectivity index (χ0) is 17.3. The molecule has 1 fully saturated rings. The van der Waals surface area contributed by atoms with E-state index in [-0.39, 0.29) is 0 Å². The molecule has 1 aliphatic heterocycles. The van der Waals surface area contributed by atoms with Crippen molar-refractivity contribution in [3.63, 3.8) is 0 Å². The Balaban J connectivity index is 1.56. The van der Waals surface area contributed by atoms with Gasteiger partial charge in [0.05, 0.1) is 12.2 Å². The molecular weight excluding hydrogens is 320 g/mol. The molecule has 2 aromatic rings. The van der Waals surface area contributed by atoms with Gasteiger partial charge in [0.2, 0.25) is 0 Å². The van der Waals surface area contributed by atoms with E-state index in [9.17, 15) is 0 Å². The number of fused-ring (bicyclic) bond motifs is 1. The van der Waals surface area contributed by atoms with E-state index < -0.39 is 0 Å². The van der Waals surface area contributed by atoms with Crippen LogP contribution in [0.5, 0.6) is 0 Å². The number of aryl methyl sites for hydroxylation is 3. The first-order chi connectivity index (χ1) is 11.4. The molecule has 3 rings (SSSR count). The number of nitrogens with zero attached hydrogens (tertiary/aromatic N) is 3. The third kappa shape index (κ3) is 3.94. The van der Waals surface area contributed by atoms with Crippen LogP contribution in [0.2, 0.25) is 0 Å². The number of aromatic nitrogens is 2. The van der Waals surface area contributed by atoms with Crippen molar-refractivity contribution >= 4 is 21.6 Å². The van der Waals surface area contributed by atoms with Crippen LogP contribution in [0, 0.1) is 20.8 Å². The van der Waals surface area contributed by atoms with Gasteiger partial charge < -0.3 is 10.1 Å². The smallest absolute Gasteiger partial charge is 0.127 e. The molecule has 0 amide bonds. The molecule has 0 aliphatic carbocycles. The first kappa shape index (κ1) is 17.7. The number of hydrogen-bond acceptors (Lipinski definition) is 6. The number of ether oxygens (including phenoxy) is 1. The fraction of sp³-hybridized carbons (Fsp3) is 0.667. The normalized spacial score (nSPS) is 22.4. The van der Waals surface area contributed by atoms with Gasteiger partial charge in [-0.2, -0.15) is 0 Å². The molecule has 2 atom stereocenters. The highest BCUT2D eigenvalue weighted by molar-refractivity contribution is 7.18. The van der Waals surface area contributed by atoms with Crippen molar-refractivity contribution in [1.29, 1.82) is 0 Å². The van der Waals surface area contributed by atoms with Gasteiger partial charge in [0, 0.05) is 48.7 Å². The molecule has 1 aliphatic rings. The molecule has 2 unspecified atom stereocenters. The summed E-state index contributed by atoms with van der Waals surface area (Å²) in [6, 6.07) is 0. The summed E-state index contributed by atoms with van der Waals surface area (Å²) in [7, 11) is 0. The fourth-order valence-corrected chi connectivity index (χ4v) is 4.84. The summed E-state index contributed by atoms with van der Waals surface area (Å²) in [6.45, 7) is 15.6. The molecule has 6 heteroatoms. The Bertz CT molecular complexity index is 705. The van der Waals surface area contributed by atoms with E-state index in [1.807, 2.05) is 6.92 Å². The second-order valence-electron chi connectivity index (χ2n) is 6.88. The Morgan fingerprint density at radius 3 is 2.58 bits per heavy atom. The minimum Gasteiger partial charge on any atom is -0.373 e. The van der Waals surface area contributed by atoms with E-state index >= 15 is 0 Å². The molecule has 0 bridgehead atoms. The SMILES string of the molecule is Cc1nc(C)c2c(C)c(CNCCN3CC(C)OC(C)C3)sc2n1. The van der Waals surface area contributed by atoms with Crippen LogP contribution in [0.1, 0.15) is 35.8 Å². The summed E-state index contributed by atoms with van der Waals surface area (Å²) in [6.07, 6.45) is 0.673. The highest BCUT2D eigenvalue weighted by Gasteiger charge is 2.21. The van der Waals surface area contributed by atoms with Gasteiger partial charge in [0.25, 0.3) is 0 Å². The second kappa shape index (κ2) is 7.44. The molecule has 0 saturated carbocycles. The van der Waals surface area contributed by atoms with E-state index in [1.165, 1.54) is 15.8 Å². The number of hydrogen-bond donors (Lipinski definition) is 1. The van der Waals surface area contributed by atoms with Crippen LogP contribution in [0.3, 0.4) is 0 Å². The molecule has 5 nitrogen and oxygen atoms in total. The van der Waals surface area contributed by atoms with E-state index in [4.69, 9.17) is 4.74 Å². The summed E-state index contributed by atoms with van der Waals surface area (Å²) in [5.41, 5.74) is 2.42. The molecule has 3 heterocycles. The minimum atomic E-state index is 0.336. The molecule has 2 aromatic heterocycles. The van der Waals surface area contributed by atoms with Gasteiger partial charge in [0.15, 0.2) is 0 Å². The van der Waals surface area contributed by atoms with Crippen LogP contribution in [0.15, 0.2) is 0 Å². The van der Waals surface area contributed by atoms with Crippen molar-refractivity contribution in [3.8, 4) is 0 Å². The summed E-state index contributed by atoms with van der Waals surface area (Å²) >= 11 is 1.79. The second-order valence-corrected chi connectivity index (χ2v) is 7.96. The lowest BCUT2D eigenvalue weighted by Gasteiger charge is -2.35. The summed E-state index contributed by atoms with van der Waals surface area (Å²) < 4.78 is 5.79. The topological polar surface area (TPSA) is 50.3 Å². The molecule has 1 saturated heterocycles. The first-order valence-electron chi connectivity index (χ1n) is 8.75. The molecule has 132 valence electrons. The van der Waals surface area contributed by atoms with Gasteiger partial charge in [-0.1, -0.05) is 0 Å². The van der Waals surface area contributed by atoms with E-state index in [0.717, 1.165) is 49.1 Å². The van der Waals surface area contributed by atoms with Crippen LogP contribution >= 0.6 is 11.3 Å². The standard InChI is InChI=1S/C18H28N4OS/c1-11-9-22(10-12(2)23-11)7-6-19-8-16-13(3)17-14(4)20-15(5)21-18(17)24-16/h11-12,19H,6-10H2,1-5H3. The average Bonchev–Trinajstić information content (AvgIpc) is 2.79. The Labute approximate surface area is 148 Å². The molecule has 0 aromatic carbocycles. The van der Waals surface area contributed by atoms with Crippen LogP contribution in [-0.4, -0.2) is 53.3 Å². The number of rotatable bonds is 5. The van der Waals surface area contributed by atoms with Crippen LogP contribution in [0.25, 0.3) is 10.2 Å². The third-order valence-electron chi connectivity index (χ3n) is 4.57. The number of nitrogens with one attached hydrogen (secondary N) is 1. The van der Waals surface area contributed by atoms with E-state index in [1.54, 1.807) is 11.3 Å². The Morgan fingerprint density at radius 1 is 1.17 bits per heavy atom. The van der Waals surface area contributed by atoms with Gasteiger partial charge >= 0.3 is 0 Å². The van der Waals surface area contributed by atoms with Crippen LogP contribution < -0.4 is 5.32 Å². The molecule has 1 N–H and O–H groups in total. The van der Waals surface area contributed by atoms with Crippen LogP contribution in [-0.2, 0) is 11.3 Å². The van der Waals surface area contributed by atoms with Crippen molar-refractivity contribution in [3.05, 3.63) is 22.0 Å². The van der Waals surface area contributed by atoms with Gasteiger partial charge in [-0.15, -0.1) is 11.3 Å². The van der Waals surface area contributed by atoms with Crippen LogP contribution in [0.4, 0.5) is 0 Å². The van der Waals surface area contributed by atoms with Gasteiger partial charge in [-0.25, -0.2) is 9.97 Å². The van der Waals surface area contributed by atoms with Gasteiger partial charge in [0.1, 0.15) is 10.7 Å². The van der Waals surface area contributed by atoms with E-state index in [2.05, 4.69) is 47.9 Å². The van der Waals surface area contributed by atoms with Crippen molar-refractivity contribution in [1.82, 2.24) is 20.2 Å². The van der Waals surface area contributed by atoms with Gasteiger partial charge in [-0.05, 0) is 40.2 Å². The monoisotopic (exact) mass is 348 g/mol. The summed E-state index contributed by atoms with van der Waals surface area (Å²) in [5, 5.41) is 4.83. The highest BCUT2D eigenvalue weighted by Crippen LogP contribution is 2.31. The molecule has 0 spiro atoms. The Kier molecular flexibility index (Phi) is 5.49. The minimum absolute atomic E-state index is 0.336. The average molecular weight is 349 g/mol. The summed E-state index contributed by atoms with van der Waals surface area (Å²) in [5.74, 6) is 0.858. The van der Waals surface area contributed by atoms with Crippen molar-refractivity contribution in [2.24, 2.45) is 0 Å². The molecule has 24 heavy (non-hydrogen) atoms. The van der Waals surface area contributed by atoms with Crippen molar-refractivity contribution < 1.29 is 4.74 Å². The fourth-order valence-electron chi connectivity index (χ4n) is 3.59. The lowest BCUT2D eigenvalue weighted by atomic mass is 10.1. The zero-order valence-corrected chi connectivity index (χ0v) is 16.2. The summed E-state index contributed by atoms with van der Waals surface area (Å²) in [4.78, 5) is 14.1. The lowest BCUT2D eigenvalue weighted by molar-refractivity contribution is -0.0674. The highest BCUT2D eigenvalue weighted by atomic mass is 32.1. The predicted molar refractivity (Wildman–Crippen MR) is 99.8 cm³/mol. The number of thiophene rings is 1. The first-order valence-corrected chi connectivity index (χ1v) is 9.57. The zero-order valence-electron chi connectivity index (χ0n) is 15.3. The van der Waals surface area contributed by atoms with E-state index in [0.29, 0.717) is 12.2 Å². The Hall–Kier alpha value is -1.08. The predicted octanol–water partition coefficient (Wildman–Crippen LogP) is 2.82. The Morgan fingerprint density at radius 2 is 1.88 bits per heavy atom. The molecular formula is C18H28N4OS. The largest absolute Gasteiger partial charge is 0.373 e. The van der Waals surface area contributed by atoms with Crippen molar-refractivity contribution in [2.75, 3.05) is 26.2 Å². The number of morpholine rings is 1. The molecule has 0 radical (unpaired) electrons. The maximum atomic E-state index is 5.79. The maximum absolute atomic E-state index is 5.79. The van der Waals surface area contributed by atoms with Gasteiger partial charge in [-0.3, -0.25) is 4.90 Å². The lowest BCUT2D eigenvalue weighted by Crippen LogP contribution is -2.47. The third-order valence-corrected chi connectivity index (χ3v) is 5.75. The quantitative estimate of drug-likeness (QED) is 0.842. The maximum Gasteiger partial charge on any atom is 0.127 e. The van der Waals surface area contributed by atoms with Crippen molar-refractivity contribution in [2.45, 2.75) is 53.4 Å².